The summed E-state index contributed by atoms with van der Waals surface area (Å²) in [4.78, 5) is 23.4. The van der Waals surface area contributed by atoms with Crippen LogP contribution < -0.4 is 10.6 Å². The van der Waals surface area contributed by atoms with Crippen molar-refractivity contribution < 1.29 is 9.59 Å². The number of aromatic nitrogens is 2. The molecule has 1 aromatic rings. The zero-order valence-electron chi connectivity index (χ0n) is 13.1. The molecule has 2 rings (SSSR count). The molecular formula is C15H24N4O2. The minimum atomic E-state index is -0.147. The first-order chi connectivity index (χ1) is 9.77. The van der Waals surface area contributed by atoms with Crippen molar-refractivity contribution in [3.63, 3.8) is 0 Å². The summed E-state index contributed by atoms with van der Waals surface area (Å²) < 4.78 is 0. The van der Waals surface area contributed by atoms with Gasteiger partial charge in [0.15, 0.2) is 5.82 Å². The standard InChI is InChI=1S/C15H24N4O2/c1-9-7-10(9)14(21)16-6-5-13(20)17-12-8-11(18-19-12)15(2,3)4/h8-10H,5-7H2,1-4H3,(H,16,21)(H2,17,18,19,20)/t9-,10-/m0/s1. The van der Waals surface area contributed by atoms with Crippen LogP contribution in [0.5, 0.6) is 0 Å². The van der Waals surface area contributed by atoms with Crippen LogP contribution in [-0.4, -0.2) is 28.6 Å². The molecular weight excluding hydrogens is 268 g/mol. The predicted molar refractivity (Wildman–Crippen MR) is 80.8 cm³/mol. The van der Waals surface area contributed by atoms with Crippen LogP contribution in [0.25, 0.3) is 0 Å². The lowest BCUT2D eigenvalue weighted by Crippen LogP contribution is -2.29. The Kier molecular flexibility index (Phi) is 4.34. The Morgan fingerprint density at radius 3 is 2.62 bits per heavy atom. The van der Waals surface area contributed by atoms with Crippen LogP contribution in [0.4, 0.5) is 5.82 Å². The van der Waals surface area contributed by atoms with Gasteiger partial charge in [0.25, 0.3) is 0 Å². The minimum Gasteiger partial charge on any atom is -0.355 e. The smallest absolute Gasteiger partial charge is 0.227 e. The maximum Gasteiger partial charge on any atom is 0.227 e. The normalized spacial score (nSPS) is 21.0. The van der Waals surface area contributed by atoms with E-state index in [1.807, 2.05) is 6.07 Å². The molecule has 0 aliphatic heterocycles. The van der Waals surface area contributed by atoms with Crippen molar-refractivity contribution in [1.82, 2.24) is 15.5 Å². The van der Waals surface area contributed by atoms with Gasteiger partial charge in [0.2, 0.25) is 11.8 Å². The first kappa shape index (κ1) is 15.5. The summed E-state index contributed by atoms with van der Waals surface area (Å²) in [7, 11) is 0. The first-order valence-electron chi connectivity index (χ1n) is 7.41. The van der Waals surface area contributed by atoms with E-state index < -0.39 is 0 Å². The molecule has 6 heteroatoms. The quantitative estimate of drug-likeness (QED) is 0.773. The molecule has 1 aliphatic carbocycles. The van der Waals surface area contributed by atoms with Gasteiger partial charge in [-0.1, -0.05) is 27.7 Å². The van der Waals surface area contributed by atoms with Gasteiger partial charge in [-0.25, -0.2) is 0 Å². The number of aromatic amines is 1. The molecule has 0 aromatic carbocycles. The predicted octanol–water partition coefficient (Wildman–Crippen LogP) is 1.81. The van der Waals surface area contributed by atoms with E-state index >= 15 is 0 Å². The van der Waals surface area contributed by atoms with E-state index in [0.717, 1.165) is 12.1 Å². The molecule has 0 bridgehead atoms. The number of nitrogens with one attached hydrogen (secondary N) is 3. The summed E-state index contributed by atoms with van der Waals surface area (Å²) >= 11 is 0. The molecule has 2 atom stereocenters. The number of H-pyrrole nitrogens is 1. The molecule has 6 nitrogen and oxygen atoms in total. The van der Waals surface area contributed by atoms with E-state index in [9.17, 15) is 9.59 Å². The number of carbonyl (C=O) groups is 2. The molecule has 0 radical (unpaired) electrons. The van der Waals surface area contributed by atoms with Gasteiger partial charge in [-0.2, -0.15) is 5.10 Å². The molecule has 1 fully saturated rings. The Balaban J connectivity index is 1.72. The lowest BCUT2D eigenvalue weighted by atomic mass is 9.92. The van der Waals surface area contributed by atoms with Gasteiger partial charge in [0.05, 0.1) is 0 Å². The summed E-state index contributed by atoms with van der Waals surface area (Å²) in [6.45, 7) is 8.63. The fourth-order valence-electron chi connectivity index (χ4n) is 2.09. The molecule has 21 heavy (non-hydrogen) atoms. The van der Waals surface area contributed by atoms with Crippen LogP contribution in [-0.2, 0) is 15.0 Å². The first-order valence-corrected chi connectivity index (χ1v) is 7.41. The van der Waals surface area contributed by atoms with E-state index in [4.69, 9.17) is 0 Å². The van der Waals surface area contributed by atoms with E-state index in [-0.39, 0.29) is 29.6 Å². The summed E-state index contributed by atoms with van der Waals surface area (Å²) in [5.41, 5.74) is 0.930. The molecule has 1 saturated carbocycles. The zero-order chi connectivity index (χ0) is 15.6. The molecule has 0 unspecified atom stereocenters. The van der Waals surface area contributed by atoms with E-state index in [1.165, 1.54) is 0 Å². The number of rotatable bonds is 5. The summed E-state index contributed by atoms with van der Waals surface area (Å²) in [6.07, 6.45) is 1.21. The summed E-state index contributed by atoms with van der Waals surface area (Å²) in [6, 6.07) is 1.84. The van der Waals surface area contributed by atoms with Gasteiger partial charge < -0.3 is 10.6 Å². The molecule has 1 heterocycles. The molecule has 3 N–H and O–H groups in total. The Hall–Kier alpha value is -1.85. The third-order valence-corrected chi connectivity index (χ3v) is 3.75. The lowest BCUT2D eigenvalue weighted by molar-refractivity contribution is -0.122. The van der Waals surface area contributed by atoms with Crippen LogP contribution in [0.3, 0.4) is 0 Å². The molecule has 116 valence electrons. The summed E-state index contributed by atoms with van der Waals surface area (Å²) in [5.74, 6) is 1.07. The SMILES string of the molecule is C[C@H]1C[C@@H]1C(=O)NCCC(=O)Nc1cc(C(C)(C)C)[nH]n1. The third kappa shape index (κ3) is 4.31. The van der Waals surface area contributed by atoms with Crippen LogP contribution >= 0.6 is 0 Å². The highest BCUT2D eigenvalue weighted by Crippen LogP contribution is 2.37. The average Bonchev–Trinajstić information content (AvgIpc) is 2.90. The Morgan fingerprint density at radius 2 is 2.10 bits per heavy atom. The molecule has 2 amide bonds. The molecule has 1 aliphatic rings. The van der Waals surface area contributed by atoms with Crippen molar-refractivity contribution in [2.45, 2.75) is 46.0 Å². The van der Waals surface area contributed by atoms with Crippen molar-refractivity contribution in [1.29, 1.82) is 0 Å². The van der Waals surface area contributed by atoms with Gasteiger partial charge in [-0.3, -0.25) is 14.7 Å². The van der Waals surface area contributed by atoms with Crippen LogP contribution in [0, 0.1) is 11.8 Å². The fourth-order valence-corrected chi connectivity index (χ4v) is 2.09. The number of carbonyl (C=O) groups excluding carboxylic acids is 2. The van der Waals surface area contributed by atoms with Crippen LogP contribution in [0.15, 0.2) is 6.07 Å². The highest BCUT2D eigenvalue weighted by Gasteiger charge is 2.38. The van der Waals surface area contributed by atoms with Crippen molar-refractivity contribution >= 4 is 17.6 Å². The highest BCUT2D eigenvalue weighted by molar-refractivity contribution is 5.90. The highest BCUT2D eigenvalue weighted by atomic mass is 16.2. The maximum absolute atomic E-state index is 11.8. The van der Waals surface area contributed by atoms with Crippen molar-refractivity contribution in [3.8, 4) is 0 Å². The third-order valence-electron chi connectivity index (χ3n) is 3.75. The molecule has 1 aromatic heterocycles. The van der Waals surface area contributed by atoms with Gasteiger partial charge in [0.1, 0.15) is 0 Å². The van der Waals surface area contributed by atoms with Gasteiger partial charge in [0, 0.05) is 36.1 Å². The van der Waals surface area contributed by atoms with E-state index in [1.54, 1.807) is 0 Å². The number of hydrogen-bond acceptors (Lipinski definition) is 3. The topological polar surface area (TPSA) is 86.9 Å². The van der Waals surface area contributed by atoms with Gasteiger partial charge >= 0.3 is 0 Å². The minimum absolute atomic E-state index is 0.0368. The van der Waals surface area contributed by atoms with Crippen molar-refractivity contribution in [3.05, 3.63) is 11.8 Å². The Bertz CT molecular complexity index is 530. The average molecular weight is 292 g/mol. The Labute approximate surface area is 125 Å². The largest absolute Gasteiger partial charge is 0.355 e. The zero-order valence-corrected chi connectivity index (χ0v) is 13.1. The maximum atomic E-state index is 11.8. The van der Waals surface area contributed by atoms with Crippen LogP contribution in [0.1, 0.15) is 46.2 Å². The number of anilines is 1. The lowest BCUT2D eigenvalue weighted by Gasteiger charge is -2.14. The van der Waals surface area contributed by atoms with Crippen LogP contribution in [0.2, 0.25) is 0 Å². The van der Waals surface area contributed by atoms with Crippen molar-refractivity contribution in [2.24, 2.45) is 11.8 Å². The number of hydrogen-bond donors (Lipinski definition) is 3. The van der Waals surface area contributed by atoms with Crippen molar-refractivity contribution in [2.75, 3.05) is 11.9 Å². The second-order valence-electron chi connectivity index (χ2n) is 6.83. The second kappa shape index (κ2) is 5.87. The summed E-state index contributed by atoms with van der Waals surface area (Å²) in [5, 5.41) is 12.5. The number of nitrogens with zero attached hydrogens (tertiary/aromatic N) is 1. The molecule has 0 spiro atoms. The van der Waals surface area contributed by atoms with E-state index in [0.29, 0.717) is 18.3 Å². The second-order valence-corrected chi connectivity index (χ2v) is 6.83. The van der Waals surface area contributed by atoms with E-state index in [2.05, 4.69) is 48.5 Å². The Morgan fingerprint density at radius 1 is 1.43 bits per heavy atom. The number of amides is 2. The molecule has 0 saturated heterocycles. The fraction of sp³-hybridized carbons (Fsp3) is 0.667. The van der Waals surface area contributed by atoms with Gasteiger partial charge in [-0.15, -0.1) is 0 Å². The van der Waals surface area contributed by atoms with Gasteiger partial charge in [-0.05, 0) is 12.3 Å². The monoisotopic (exact) mass is 292 g/mol.